The van der Waals surface area contributed by atoms with Gasteiger partial charge in [-0.3, -0.25) is 4.55 Å². The van der Waals surface area contributed by atoms with Gasteiger partial charge in [0, 0.05) is 0 Å². The molecule has 2 aromatic rings. The highest BCUT2D eigenvalue weighted by molar-refractivity contribution is 7.86. The Morgan fingerprint density at radius 3 is 2.04 bits per heavy atom. The molecule has 0 saturated carbocycles. The molecule has 24 heavy (non-hydrogen) atoms. The third-order valence-corrected chi connectivity index (χ3v) is 3.96. The molecule has 2 rings (SSSR count). The fraction of sp³-hybridized carbons (Fsp3) is 0.143. The van der Waals surface area contributed by atoms with Gasteiger partial charge in [0.25, 0.3) is 0 Å². The Labute approximate surface area is 134 Å². The summed E-state index contributed by atoms with van der Waals surface area (Å²) < 4.78 is 59.6. The van der Waals surface area contributed by atoms with Gasteiger partial charge in [-0.1, -0.05) is 24.3 Å². The number of fused-ring (bicyclic) bond motifs is 1. The highest BCUT2D eigenvalue weighted by Crippen LogP contribution is 2.24. The Kier molecular flexibility index (Phi) is 4.54. The van der Waals surface area contributed by atoms with Crippen molar-refractivity contribution in [3.63, 3.8) is 0 Å². The summed E-state index contributed by atoms with van der Waals surface area (Å²) in [5.41, 5.74) is -1.01. The van der Waals surface area contributed by atoms with Crippen molar-refractivity contribution in [1.82, 2.24) is 0 Å². The number of carbonyl (C=O) groups is 2. The van der Waals surface area contributed by atoms with Crippen LogP contribution in [0.1, 0.15) is 20.7 Å². The van der Waals surface area contributed by atoms with Crippen LogP contribution in [0.2, 0.25) is 0 Å². The zero-order valence-corrected chi connectivity index (χ0v) is 12.6. The number of carboxylic acid groups (broad SMARTS) is 1. The molecule has 0 aliphatic heterocycles. The van der Waals surface area contributed by atoms with Crippen molar-refractivity contribution in [2.24, 2.45) is 0 Å². The van der Waals surface area contributed by atoms with Gasteiger partial charge >= 0.3 is 27.3 Å². The Hall–Kier alpha value is -2.59. The van der Waals surface area contributed by atoms with Crippen LogP contribution in [-0.4, -0.2) is 41.9 Å². The Balaban J connectivity index is 2.38. The smallest absolute Gasteiger partial charge is 0.402 e. The van der Waals surface area contributed by atoms with Crippen LogP contribution in [0.3, 0.4) is 0 Å². The molecule has 0 bridgehead atoms. The van der Waals surface area contributed by atoms with E-state index in [1.807, 2.05) is 0 Å². The molecule has 0 aliphatic rings. The molecule has 0 amide bonds. The number of hydrogen-bond acceptors (Lipinski definition) is 5. The summed E-state index contributed by atoms with van der Waals surface area (Å²) >= 11 is 0. The predicted molar refractivity (Wildman–Crippen MR) is 77.7 cm³/mol. The SMILES string of the molecule is O=C(O)c1cc2ccccc2cc1C(=O)OCC(F)(F)S(=O)(=O)O. The fourth-order valence-electron chi connectivity index (χ4n) is 1.89. The van der Waals surface area contributed by atoms with Gasteiger partial charge in [-0.2, -0.15) is 17.2 Å². The molecule has 2 aromatic carbocycles. The fourth-order valence-corrected chi connectivity index (χ4v) is 2.10. The molecular weight excluding hydrogens is 350 g/mol. The molecule has 0 radical (unpaired) electrons. The summed E-state index contributed by atoms with van der Waals surface area (Å²) in [5.74, 6) is -2.95. The van der Waals surface area contributed by atoms with Crippen molar-refractivity contribution in [2.45, 2.75) is 5.25 Å². The van der Waals surface area contributed by atoms with Crippen LogP contribution in [0.15, 0.2) is 36.4 Å². The summed E-state index contributed by atoms with van der Waals surface area (Å²) in [6, 6.07) is 8.69. The van der Waals surface area contributed by atoms with Crippen molar-refractivity contribution in [1.29, 1.82) is 0 Å². The van der Waals surface area contributed by atoms with E-state index in [2.05, 4.69) is 4.74 Å². The molecule has 2 N–H and O–H groups in total. The quantitative estimate of drug-likeness (QED) is 0.620. The molecule has 10 heteroatoms. The van der Waals surface area contributed by atoms with Gasteiger partial charge < -0.3 is 9.84 Å². The minimum absolute atomic E-state index is 0.455. The maximum absolute atomic E-state index is 13.1. The molecule has 0 heterocycles. The topological polar surface area (TPSA) is 118 Å². The van der Waals surface area contributed by atoms with E-state index in [0.29, 0.717) is 10.8 Å². The first-order valence-electron chi connectivity index (χ1n) is 6.31. The van der Waals surface area contributed by atoms with Crippen LogP contribution in [0, 0.1) is 0 Å². The number of esters is 1. The number of carbonyl (C=O) groups excluding carboxylic acids is 1. The van der Waals surface area contributed by atoms with E-state index in [4.69, 9.17) is 9.66 Å². The number of rotatable bonds is 5. The zero-order chi connectivity index (χ0) is 18.1. The van der Waals surface area contributed by atoms with E-state index in [9.17, 15) is 26.8 Å². The molecule has 128 valence electrons. The second kappa shape index (κ2) is 6.13. The number of alkyl halides is 2. The van der Waals surface area contributed by atoms with E-state index in [0.717, 1.165) is 12.1 Å². The first-order chi connectivity index (χ1) is 11.0. The first kappa shape index (κ1) is 17.8. The van der Waals surface area contributed by atoms with Crippen molar-refractivity contribution in [3.8, 4) is 0 Å². The van der Waals surface area contributed by atoms with Crippen LogP contribution < -0.4 is 0 Å². The molecule has 0 spiro atoms. The van der Waals surface area contributed by atoms with Crippen molar-refractivity contribution in [3.05, 3.63) is 47.5 Å². The maximum Gasteiger partial charge on any atom is 0.402 e. The second-order valence-electron chi connectivity index (χ2n) is 4.74. The Morgan fingerprint density at radius 1 is 1.08 bits per heavy atom. The zero-order valence-electron chi connectivity index (χ0n) is 11.8. The van der Waals surface area contributed by atoms with Gasteiger partial charge in [0.1, 0.15) is 0 Å². The lowest BCUT2D eigenvalue weighted by atomic mass is 10.0. The van der Waals surface area contributed by atoms with Gasteiger partial charge in [-0.25, -0.2) is 9.59 Å². The molecule has 0 saturated heterocycles. The summed E-state index contributed by atoms with van der Waals surface area (Å²) in [5, 5.41) is 5.38. The largest absolute Gasteiger partial charge is 0.478 e. The van der Waals surface area contributed by atoms with Crippen LogP contribution in [-0.2, 0) is 14.9 Å². The minimum atomic E-state index is -5.77. The van der Waals surface area contributed by atoms with Crippen molar-refractivity contribution >= 4 is 32.8 Å². The minimum Gasteiger partial charge on any atom is -0.478 e. The summed E-state index contributed by atoms with van der Waals surface area (Å²) in [7, 11) is -5.77. The van der Waals surface area contributed by atoms with E-state index in [1.54, 1.807) is 24.3 Å². The van der Waals surface area contributed by atoms with Crippen molar-refractivity contribution in [2.75, 3.05) is 6.61 Å². The molecule has 7 nitrogen and oxygen atoms in total. The summed E-state index contributed by atoms with van der Waals surface area (Å²) in [6.07, 6.45) is 0. The van der Waals surface area contributed by atoms with Crippen LogP contribution in [0.4, 0.5) is 8.78 Å². The molecule has 0 unspecified atom stereocenters. The number of halogens is 2. The van der Waals surface area contributed by atoms with Gasteiger partial charge in [-0.05, 0) is 22.9 Å². The normalized spacial score (nSPS) is 12.1. The van der Waals surface area contributed by atoms with Gasteiger partial charge in [0.2, 0.25) is 0 Å². The third kappa shape index (κ3) is 3.49. The number of ether oxygens (including phenoxy) is 1. The van der Waals surface area contributed by atoms with Gasteiger partial charge in [-0.15, -0.1) is 0 Å². The molecular formula is C14H10F2O7S. The van der Waals surface area contributed by atoms with Crippen molar-refractivity contribution < 1.29 is 41.2 Å². The lowest BCUT2D eigenvalue weighted by Gasteiger charge is -2.14. The van der Waals surface area contributed by atoms with Crippen LogP contribution in [0.5, 0.6) is 0 Å². The Bertz CT molecular complexity index is 922. The van der Waals surface area contributed by atoms with E-state index >= 15 is 0 Å². The summed E-state index contributed by atoms with van der Waals surface area (Å²) in [6.45, 7) is -1.95. The average Bonchev–Trinajstić information content (AvgIpc) is 2.50. The number of benzene rings is 2. The number of aromatic carboxylic acids is 1. The second-order valence-corrected chi connectivity index (χ2v) is 6.29. The first-order valence-corrected chi connectivity index (χ1v) is 7.75. The number of hydrogen-bond donors (Lipinski definition) is 2. The van der Waals surface area contributed by atoms with Gasteiger partial charge in [0.05, 0.1) is 11.1 Å². The Morgan fingerprint density at radius 2 is 1.58 bits per heavy atom. The monoisotopic (exact) mass is 360 g/mol. The molecule has 0 atom stereocenters. The number of carboxylic acids is 1. The van der Waals surface area contributed by atoms with Gasteiger partial charge in [0.15, 0.2) is 6.61 Å². The average molecular weight is 360 g/mol. The van der Waals surface area contributed by atoms with Crippen LogP contribution >= 0.6 is 0 Å². The molecule has 0 fully saturated rings. The lowest BCUT2D eigenvalue weighted by molar-refractivity contribution is -0.00962. The standard InChI is InChI=1S/C14H10F2O7S/c15-14(16,24(20,21)22)7-23-13(19)11-6-9-4-2-1-3-8(9)5-10(11)12(17)18/h1-6H,7H2,(H,17,18)(H,20,21,22). The maximum atomic E-state index is 13.1. The molecule has 0 aromatic heterocycles. The van der Waals surface area contributed by atoms with E-state index < -0.39 is 45.0 Å². The molecule has 0 aliphatic carbocycles. The highest BCUT2D eigenvalue weighted by atomic mass is 32.2. The lowest BCUT2D eigenvalue weighted by Crippen LogP contribution is -2.34. The van der Waals surface area contributed by atoms with Crippen LogP contribution in [0.25, 0.3) is 10.8 Å². The predicted octanol–water partition coefficient (Wildman–Crippen LogP) is 2.18. The highest BCUT2D eigenvalue weighted by Gasteiger charge is 2.45. The third-order valence-electron chi connectivity index (χ3n) is 3.08. The van der Waals surface area contributed by atoms with E-state index in [1.165, 1.54) is 0 Å². The summed E-state index contributed by atoms with van der Waals surface area (Å²) in [4.78, 5) is 23.1. The van der Waals surface area contributed by atoms with E-state index in [-0.39, 0.29) is 0 Å².